The highest BCUT2D eigenvalue weighted by Gasteiger charge is 2.10. The molecule has 3 N–H and O–H groups in total. The lowest BCUT2D eigenvalue weighted by Gasteiger charge is -2.10. The van der Waals surface area contributed by atoms with Gasteiger partial charge in [-0.1, -0.05) is 23.7 Å². The summed E-state index contributed by atoms with van der Waals surface area (Å²) in [5.74, 6) is 0.624. The molecule has 0 bridgehead atoms. The van der Waals surface area contributed by atoms with Crippen LogP contribution in [0.5, 0.6) is 0 Å². The van der Waals surface area contributed by atoms with Crippen molar-refractivity contribution in [2.45, 2.75) is 6.92 Å². The van der Waals surface area contributed by atoms with Gasteiger partial charge < -0.3 is 11.1 Å². The molecule has 3 rings (SSSR count). The molecule has 3 aromatic rings. The zero-order valence-electron chi connectivity index (χ0n) is 11.0. The summed E-state index contributed by atoms with van der Waals surface area (Å²) in [6.07, 6.45) is 2.85. The van der Waals surface area contributed by atoms with Crippen LogP contribution in [0.15, 0.2) is 30.9 Å². The topological polar surface area (TPSA) is 107 Å². The molecule has 0 amide bonds. The molecule has 0 saturated heterocycles. The van der Waals surface area contributed by atoms with E-state index in [2.05, 4.69) is 30.4 Å². The summed E-state index contributed by atoms with van der Waals surface area (Å²) in [6, 6.07) is 5.57. The Bertz CT molecular complexity index is 751. The first-order valence-electron chi connectivity index (χ1n) is 6.02. The van der Waals surface area contributed by atoms with E-state index in [-0.39, 0.29) is 17.8 Å². The number of aryl methyl sites for hydroxylation is 1. The van der Waals surface area contributed by atoms with Crippen LogP contribution in [0.4, 0.5) is 17.6 Å². The maximum atomic E-state index is 6.17. The Balaban J connectivity index is 2.00. The first kappa shape index (κ1) is 13.3. The van der Waals surface area contributed by atoms with Gasteiger partial charge in [0.25, 0.3) is 5.95 Å². The van der Waals surface area contributed by atoms with E-state index in [0.29, 0.717) is 10.7 Å². The Kier molecular flexibility index (Phi) is 3.36. The van der Waals surface area contributed by atoms with Crippen molar-refractivity contribution >= 4 is 29.2 Å². The maximum absolute atomic E-state index is 6.17. The number of rotatable bonds is 3. The lowest BCUT2D eigenvalue weighted by Crippen LogP contribution is -2.10. The first-order chi connectivity index (χ1) is 10.1. The van der Waals surface area contributed by atoms with Gasteiger partial charge in [0.15, 0.2) is 0 Å². The van der Waals surface area contributed by atoms with Crippen molar-refractivity contribution in [2.24, 2.45) is 0 Å². The largest absolute Gasteiger partial charge is 0.368 e. The van der Waals surface area contributed by atoms with Gasteiger partial charge in [-0.2, -0.15) is 24.7 Å². The lowest BCUT2D eigenvalue weighted by atomic mass is 10.2. The van der Waals surface area contributed by atoms with Crippen molar-refractivity contribution in [3.63, 3.8) is 0 Å². The van der Waals surface area contributed by atoms with Gasteiger partial charge in [-0.25, -0.2) is 4.98 Å². The smallest absolute Gasteiger partial charge is 0.258 e. The first-order valence-corrected chi connectivity index (χ1v) is 6.40. The standard InChI is InChI=1S/C12H11ClN8/c1-7-3-2-4-8(13)9(7)17-11-18-10(14)19-12(20-11)21-6-15-5-16-21/h2-6H,1H3,(H3,14,17,18,19,20). The monoisotopic (exact) mass is 302 g/mol. The van der Waals surface area contributed by atoms with E-state index in [9.17, 15) is 0 Å². The van der Waals surface area contributed by atoms with Crippen molar-refractivity contribution in [3.8, 4) is 5.95 Å². The van der Waals surface area contributed by atoms with Crippen molar-refractivity contribution in [3.05, 3.63) is 41.4 Å². The summed E-state index contributed by atoms with van der Waals surface area (Å²) < 4.78 is 1.39. The maximum Gasteiger partial charge on any atom is 0.258 e. The molecule has 0 aliphatic carbocycles. The number of para-hydroxylation sites is 1. The second-order valence-corrected chi connectivity index (χ2v) is 4.62. The molecule has 0 radical (unpaired) electrons. The zero-order valence-corrected chi connectivity index (χ0v) is 11.8. The van der Waals surface area contributed by atoms with Gasteiger partial charge in [-0.3, -0.25) is 0 Å². The Labute approximate surface area is 125 Å². The Hall–Kier alpha value is -2.74. The van der Waals surface area contributed by atoms with Crippen LogP contribution in [0.2, 0.25) is 5.02 Å². The Morgan fingerprint density at radius 3 is 2.81 bits per heavy atom. The second-order valence-electron chi connectivity index (χ2n) is 4.21. The SMILES string of the molecule is Cc1cccc(Cl)c1Nc1nc(N)nc(-n2cncn2)n1. The van der Waals surface area contributed by atoms with Crippen molar-refractivity contribution in [1.82, 2.24) is 29.7 Å². The number of nitrogen functional groups attached to an aromatic ring is 1. The fourth-order valence-electron chi connectivity index (χ4n) is 1.75. The molecular weight excluding hydrogens is 292 g/mol. The van der Waals surface area contributed by atoms with Crippen LogP contribution in [-0.2, 0) is 0 Å². The number of nitrogens with one attached hydrogen (secondary N) is 1. The third-order valence-corrected chi connectivity index (χ3v) is 3.04. The molecule has 2 aromatic heterocycles. The molecule has 1 aromatic carbocycles. The van der Waals surface area contributed by atoms with Gasteiger partial charge in [0.05, 0.1) is 10.7 Å². The van der Waals surface area contributed by atoms with Gasteiger partial charge in [-0.05, 0) is 18.6 Å². The number of hydrogen-bond acceptors (Lipinski definition) is 7. The van der Waals surface area contributed by atoms with Crippen LogP contribution in [0, 0.1) is 6.92 Å². The van der Waals surface area contributed by atoms with Crippen molar-refractivity contribution in [1.29, 1.82) is 0 Å². The fourth-order valence-corrected chi connectivity index (χ4v) is 2.02. The van der Waals surface area contributed by atoms with E-state index in [1.54, 1.807) is 6.07 Å². The van der Waals surface area contributed by atoms with E-state index in [1.165, 1.54) is 17.3 Å². The number of aromatic nitrogens is 6. The highest BCUT2D eigenvalue weighted by atomic mass is 35.5. The van der Waals surface area contributed by atoms with Crippen LogP contribution in [0.25, 0.3) is 5.95 Å². The number of nitrogens with zero attached hydrogens (tertiary/aromatic N) is 6. The molecule has 21 heavy (non-hydrogen) atoms. The molecule has 106 valence electrons. The minimum atomic E-state index is 0.0720. The molecule has 0 saturated carbocycles. The normalized spacial score (nSPS) is 10.6. The van der Waals surface area contributed by atoms with E-state index < -0.39 is 0 Å². The summed E-state index contributed by atoms with van der Waals surface area (Å²) >= 11 is 6.17. The summed E-state index contributed by atoms with van der Waals surface area (Å²) in [6.45, 7) is 1.93. The highest BCUT2D eigenvalue weighted by molar-refractivity contribution is 6.33. The molecule has 0 aliphatic heterocycles. The van der Waals surface area contributed by atoms with Crippen molar-refractivity contribution in [2.75, 3.05) is 11.1 Å². The molecule has 0 aliphatic rings. The molecule has 0 spiro atoms. The average molecular weight is 303 g/mol. The van der Waals surface area contributed by atoms with Crippen LogP contribution in [-0.4, -0.2) is 29.7 Å². The van der Waals surface area contributed by atoms with Gasteiger partial charge in [0, 0.05) is 0 Å². The van der Waals surface area contributed by atoms with Crippen LogP contribution >= 0.6 is 11.6 Å². The summed E-state index contributed by atoms with van der Waals surface area (Å²) in [5, 5.41) is 7.57. The minimum absolute atomic E-state index is 0.0720. The summed E-state index contributed by atoms with van der Waals surface area (Å²) in [5.41, 5.74) is 7.38. The van der Waals surface area contributed by atoms with E-state index in [0.717, 1.165) is 5.56 Å². The van der Waals surface area contributed by atoms with Gasteiger partial charge in [0.2, 0.25) is 11.9 Å². The Morgan fingerprint density at radius 1 is 1.24 bits per heavy atom. The predicted molar refractivity (Wildman–Crippen MR) is 78.6 cm³/mol. The number of hydrogen-bond donors (Lipinski definition) is 2. The third kappa shape index (κ3) is 2.75. The van der Waals surface area contributed by atoms with E-state index in [1.807, 2.05) is 19.1 Å². The number of anilines is 3. The Morgan fingerprint density at radius 2 is 2.10 bits per heavy atom. The zero-order chi connectivity index (χ0) is 14.8. The molecule has 0 atom stereocenters. The second kappa shape index (κ2) is 5.33. The molecule has 9 heteroatoms. The number of halogens is 1. The van der Waals surface area contributed by atoms with Gasteiger partial charge in [0.1, 0.15) is 12.7 Å². The van der Waals surface area contributed by atoms with E-state index >= 15 is 0 Å². The van der Waals surface area contributed by atoms with Gasteiger partial charge in [-0.15, -0.1) is 0 Å². The molecular formula is C12H11ClN8. The predicted octanol–water partition coefficient (Wildman–Crippen LogP) is 1.74. The van der Waals surface area contributed by atoms with E-state index in [4.69, 9.17) is 17.3 Å². The fraction of sp³-hybridized carbons (Fsp3) is 0.0833. The summed E-state index contributed by atoms with van der Waals surface area (Å²) in [4.78, 5) is 16.1. The molecule has 0 unspecified atom stereocenters. The van der Waals surface area contributed by atoms with Gasteiger partial charge >= 0.3 is 0 Å². The van der Waals surface area contributed by atoms with Crippen LogP contribution in [0.1, 0.15) is 5.56 Å². The van der Waals surface area contributed by atoms with Crippen molar-refractivity contribution < 1.29 is 0 Å². The average Bonchev–Trinajstić information content (AvgIpc) is 2.97. The quantitative estimate of drug-likeness (QED) is 0.758. The molecule has 8 nitrogen and oxygen atoms in total. The summed E-state index contributed by atoms with van der Waals surface area (Å²) in [7, 11) is 0. The third-order valence-electron chi connectivity index (χ3n) is 2.72. The lowest BCUT2D eigenvalue weighted by molar-refractivity contribution is 0.800. The molecule has 2 heterocycles. The highest BCUT2D eigenvalue weighted by Crippen LogP contribution is 2.27. The van der Waals surface area contributed by atoms with Crippen LogP contribution in [0.3, 0.4) is 0 Å². The molecule has 0 fully saturated rings. The minimum Gasteiger partial charge on any atom is -0.368 e. The van der Waals surface area contributed by atoms with Crippen LogP contribution < -0.4 is 11.1 Å². The number of benzene rings is 1. The number of nitrogens with two attached hydrogens (primary N) is 1.